The highest BCUT2D eigenvalue weighted by molar-refractivity contribution is 8.00. The van der Waals surface area contributed by atoms with Crippen molar-refractivity contribution in [3.8, 4) is 0 Å². The van der Waals surface area contributed by atoms with E-state index >= 15 is 0 Å². The van der Waals surface area contributed by atoms with Gasteiger partial charge in [-0.25, -0.2) is 9.97 Å². The van der Waals surface area contributed by atoms with Gasteiger partial charge in [-0.3, -0.25) is 4.79 Å². The molecule has 0 aliphatic heterocycles. The summed E-state index contributed by atoms with van der Waals surface area (Å²) in [5, 5.41) is 5.43. The Morgan fingerprint density at radius 3 is 2.44 bits per heavy atom. The molecule has 144 valence electrons. The van der Waals surface area contributed by atoms with Gasteiger partial charge in [0.1, 0.15) is 16.2 Å². The second kappa shape index (κ2) is 6.45. The van der Waals surface area contributed by atoms with E-state index in [1.54, 1.807) is 29.4 Å². The molecule has 0 spiro atoms. The van der Waals surface area contributed by atoms with E-state index in [0.29, 0.717) is 0 Å². The van der Waals surface area contributed by atoms with Crippen molar-refractivity contribution in [3.63, 3.8) is 0 Å². The summed E-state index contributed by atoms with van der Waals surface area (Å²) in [4.78, 5) is 24.3. The molecule has 0 unspecified atom stereocenters. The first kappa shape index (κ1) is 17.9. The van der Waals surface area contributed by atoms with Gasteiger partial charge in [0.2, 0.25) is 5.91 Å². The molecule has 4 aliphatic rings. The van der Waals surface area contributed by atoms with E-state index < -0.39 is 0 Å². The van der Waals surface area contributed by atoms with Gasteiger partial charge in [-0.05, 0) is 82.6 Å². The highest BCUT2D eigenvalue weighted by atomic mass is 32.2. The number of thiophene rings is 1. The monoisotopic (exact) mass is 401 g/mol. The molecule has 1 atom stereocenters. The average molecular weight is 402 g/mol. The minimum absolute atomic E-state index is 0.0799. The molecule has 6 heteroatoms. The van der Waals surface area contributed by atoms with E-state index in [1.807, 2.05) is 6.92 Å². The first-order valence-corrected chi connectivity index (χ1v) is 11.8. The van der Waals surface area contributed by atoms with E-state index in [4.69, 9.17) is 0 Å². The number of amides is 1. The molecule has 4 nitrogen and oxygen atoms in total. The fourth-order valence-electron chi connectivity index (χ4n) is 6.09. The smallest absolute Gasteiger partial charge is 0.233 e. The highest BCUT2D eigenvalue weighted by Crippen LogP contribution is 2.55. The van der Waals surface area contributed by atoms with Gasteiger partial charge in [-0.15, -0.1) is 11.3 Å². The zero-order valence-electron chi connectivity index (χ0n) is 16.2. The van der Waals surface area contributed by atoms with E-state index in [-0.39, 0.29) is 16.7 Å². The van der Waals surface area contributed by atoms with Crippen molar-refractivity contribution in [1.82, 2.24) is 15.3 Å². The largest absolute Gasteiger partial charge is 0.350 e. The number of aryl methyl sites for hydroxylation is 2. The molecule has 27 heavy (non-hydrogen) atoms. The quantitative estimate of drug-likeness (QED) is 0.586. The normalized spacial score (nSPS) is 32.8. The molecule has 4 aliphatic carbocycles. The maximum atomic E-state index is 13.1. The summed E-state index contributed by atoms with van der Waals surface area (Å²) < 4.78 is 0. The predicted molar refractivity (Wildman–Crippen MR) is 111 cm³/mol. The molecule has 2 heterocycles. The van der Waals surface area contributed by atoms with Gasteiger partial charge < -0.3 is 5.32 Å². The Kier molecular flexibility index (Phi) is 4.28. The number of rotatable bonds is 4. The summed E-state index contributed by atoms with van der Waals surface area (Å²) >= 11 is 3.29. The third-order valence-corrected chi connectivity index (χ3v) is 9.23. The van der Waals surface area contributed by atoms with Gasteiger partial charge in [0.25, 0.3) is 0 Å². The van der Waals surface area contributed by atoms with Crippen LogP contribution in [0.2, 0.25) is 0 Å². The summed E-state index contributed by atoms with van der Waals surface area (Å²) in [6, 6.07) is 0. The van der Waals surface area contributed by atoms with Gasteiger partial charge >= 0.3 is 0 Å². The van der Waals surface area contributed by atoms with E-state index in [1.165, 1.54) is 49.0 Å². The molecule has 1 amide bonds. The number of nitrogens with one attached hydrogen (secondary N) is 1. The van der Waals surface area contributed by atoms with Gasteiger partial charge in [0.15, 0.2) is 0 Å². The van der Waals surface area contributed by atoms with Crippen LogP contribution in [-0.4, -0.2) is 26.7 Å². The van der Waals surface area contributed by atoms with Crippen LogP contribution in [0.5, 0.6) is 0 Å². The van der Waals surface area contributed by atoms with Gasteiger partial charge in [-0.2, -0.15) is 0 Å². The third-order valence-electron chi connectivity index (χ3n) is 7.01. The Labute approximate surface area is 168 Å². The molecule has 4 fully saturated rings. The van der Waals surface area contributed by atoms with Crippen molar-refractivity contribution in [2.24, 2.45) is 17.8 Å². The van der Waals surface area contributed by atoms with Crippen molar-refractivity contribution < 1.29 is 4.79 Å². The summed E-state index contributed by atoms with van der Waals surface area (Å²) in [5.41, 5.74) is 1.32. The Balaban J connectivity index is 1.33. The number of aromatic nitrogens is 2. The maximum absolute atomic E-state index is 13.1. The van der Waals surface area contributed by atoms with E-state index in [0.717, 1.165) is 33.0 Å². The van der Waals surface area contributed by atoms with E-state index in [2.05, 4.69) is 29.1 Å². The van der Waals surface area contributed by atoms with Gasteiger partial charge in [0.05, 0.1) is 5.25 Å². The number of hydrogen-bond donors (Lipinski definition) is 1. The van der Waals surface area contributed by atoms with Crippen LogP contribution in [0.4, 0.5) is 0 Å². The standard InChI is InChI=1S/C21H27N3OS2/c1-11-12(2)26-19-17(11)20(23-10-22-19)27-13(3)18(25)24-21-7-14-4-15(8-21)6-16(5-14)9-21/h10,13-16H,4-9H2,1-3H3,(H,24,25)/t13-,14?,15?,16?,21?/m1/s1. The Morgan fingerprint density at radius 2 is 1.81 bits per heavy atom. The van der Waals surface area contributed by atoms with Crippen LogP contribution in [0.15, 0.2) is 11.4 Å². The molecule has 1 N–H and O–H groups in total. The lowest BCUT2D eigenvalue weighted by molar-refractivity contribution is -0.126. The van der Waals surface area contributed by atoms with Crippen molar-refractivity contribution in [2.45, 2.75) is 75.1 Å². The van der Waals surface area contributed by atoms with E-state index in [9.17, 15) is 4.79 Å². The molecule has 0 saturated heterocycles. The van der Waals surface area contributed by atoms with Crippen LogP contribution in [0.3, 0.4) is 0 Å². The second-order valence-corrected chi connectivity index (χ2v) is 11.6. The second-order valence-electron chi connectivity index (χ2n) is 9.09. The molecule has 6 rings (SSSR count). The number of carbonyl (C=O) groups is 1. The van der Waals surface area contributed by atoms with Crippen molar-refractivity contribution in [1.29, 1.82) is 0 Å². The van der Waals surface area contributed by atoms with Gasteiger partial charge in [-0.1, -0.05) is 11.8 Å². The Hall–Kier alpha value is -1.14. The molecule has 4 bridgehead atoms. The minimum Gasteiger partial charge on any atom is -0.350 e. The molecule has 4 saturated carbocycles. The molecule has 2 aromatic heterocycles. The number of fused-ring (bicyclic) bond motifs is 1. The summed E-state index contributed by atoms with van der Waals surface area (Å²) in [7, 11) is 0. The molecule has 2 aromatic rings. The minimum atomic E-state index is -0.143. The summed E-state index contributed by atoms with van der Waals surface area (Å²) in [5.74, 6) is 2.71. The lowest BCUT2D eigenvalue weighted by Gasteiger charge is -2.57. The predicted octanol–water partition coefficient (Wildman–Crippen LogP) is 4.87. The lowest BCUT2D eigenvalue weighted by atomic mass is 9.53. The van der Waals surface area contributed by atoms with Gasteiger partial charge in [0, 0.05) is 15.8 Å². The van der Waals surface area contributed by atoms with Crippen molar-refractivity contribution in [3.05, 3.63) is 16.8 Å². The highest BCUT2D eigenvalue weighted by Gasteiger charge is 2.51. The fourth-order valence-corrected chi connectivity index (χ4v) is 8.13. The Bertz CT molecular complexity index is 871. The third kappa shape index (κ3) is 3.09. The van der Waals surface area contributed by atoms with Crippen molar-refractivity contribution in [2.75, 3.05) is 0 Å². The molecule has 0 radical (unpaired) electrons. The van der Waals surface area contributed by atoms with Crippen molar-refractivity contribution >= 4 is 39.2 Å². The van der Waals surface area contributed by atoms with Crippen LogP contribution in [0.1, 0.15) is 55.9 Å². The lowest BCUT2D eigenvalue weighted by Crippen LogP contribution is -2.60. The van der Waals surface area contributed by atoms with Crippen LogP contribution in [0, 0.1) is 31.6 Å². The zero-order valence-corrected chi connectivity index (χ0v) is 17.9. The SMILES string of the molecule is Cc1sc2ncnc(S[C@H](C)C(=O)NC34CC5CC(CC(C5)C3)C4)c2c1C. The van der Waals surface area contributed by atoms with Crippen LogP contribution in [0.25, 0.3) is 10.2 Å². The van der Waals surface area contributed by atoms with Crippen LogP contribution < -0.4 is 5.32 Å². The topological polar surface area (TPSA) is 54.9 Å². The first-order chi connectivity index (χ1) is 12.9. The maximum Gasteiger partial charge on any atom is 0.233 e. The Morgan fingerprint density at radius 1 is 1.19 bits per heavy atom. The summed E-state index contributed by atoms with van der Waals surface area (Å²) in [6.07, 6.45) is 9.41. The molecular formula is C21H27N3OS2. The molecule has 0 aromatic carbocycles. The van der Waals surface area contributed by atoms with Crippen LogP contribution in [-0.2, 0) is 4.79 Å². The average Bonchev–Trinajstić information content (AvgIpc) is 2.88. The first-order valence-electron chi connectivity index (χ1n) is 10.1. The number of thioether (sulfide) groups is 1. The van der Waals surface area contributed by atoms with Crippen LogP contribution >= 0.6 is 23.1 Å². The number of hydrogen-bond acceptors (Lipinski definition) is 5. The fraction of sp³-hybridized carbons (Fsp3) is 0.667. The summed E-state index contributed by atoms with van der Waals surface area (Å²) in [6.45, 7) is 6.27. The number of nitrogens with zero attached hydrogens (tertiary/aromatic N) is 2. The molecular weight excluding hydrogens is 374 g/mol. The number of carbonyl (C=O) groups excluding carboxylic acids is 1. The zero-order chi connectivity index (χ0) is 18.8.